The third kappa shape index (κ3) is 6.72. The van der Waals surface area contributed by atoms with Gasteiger partial charge in [-0.3, -0.25) is 9.78 Å². The van der Waals surface area contributed by atoms with E-state index in [4.69, 9.17) is 9.72 Å². The molecule has 4 rings (SSSR count). The number of rotatable bonds is 11. The lowest BCUT2D eigenvalue weighted by atomic mass is 9.87. The van der Waals surface area contributed by atoms with E-state index in [1.165, 1.54) is 5.56 Å². The Kier molecular flexibility index (Phi) is 8.36. The van der Waals surface area contributed by atoms with Crippen molar-refractivity contribution in [2.24, 2.45) is 0 Å². The molecule has 2 aromatic heterocycles. The van der Waals surface area contributed by atoms with Gasteiger partial charge in [0, 0.05) is 31.9 Å². The maximum absolute atomic E-state index is 12.2. The lowest BCUT2D eigenvalue weighted by Gasteiger charge is -2.19. The van der Waals surface area contributed by atoms with E-state index in [2.05, 4.69) is 78.1 Å². The van der Waals surface area contributed by atoms with Gasteiger partial charge in [-0.05, 0) is 66.6 Å². The Morgan fingerprint density at radius 3 is 2.53 bits per heavy atom. The zero-order valence-corrected chi connectivity index (χ0v) is 21.5. The minimum atomic E-state index is -0.0929. The molecule has 0 fully saturated rings. The number of pyridine rings is 1. The molecule has 6 heteroatoms. The highest BCUT2D eigenvalue weighted by atomic mass is 16.5. The number of ether oxygens (including phenoxy) is 1. The van der Waals surface area contributed by atoms with Crippen molar-refractivity contribution in [1.82, 2.24) is 19.9 Å². The summed E-state index contributed by atoms with van der Waals surface area (Å²) >= 11 is 0. The predicted octanol–water partition coefficient (Wildman–Crippen LogP) is 5.95. The number of fused-ring (bicyclic) bond motifs is 1. The summed E-state index contributed by atoms with van der Waals surface area (Å²) in [7, 11) is 0. The molecule has 0 bridgehead atoms. The Morgan fingerprint density at radius 2 is 1.78 bits per heavy atom. The Balaban J connectivity index is 1.27. The normalized spacial score (nSPS) is 11.5. The molecule has 0 aliphatic heterocycles. The maximum atomic E-state index is 12.2. The van der Waals surface area contributed by atoms with Crippen LogP contribution in [0.2, 0.25) is 0 Å². The average Bonchev–Trinajstić information content (AvgIpc) is 3.24. The highest BCUT2D eigenvalue weighted by Crippen LogP contribution is 2.24. The number of nitrogens with zero attached hydrogens (tertiary/aromatic N) is 3. The second kappa shape index (κ2) is 11.8. The summed E-state index contributed by atoms with van der Waals surface area (Å²) in [6.45, 7) is 8.83. The van der Waals surface area contributed by atoms with Crippen molar-refractivity contribution >= 4 is 16.9 Å². The van der Waals surface area contributed by atoms with E-state index >= 15 is 0 Å². The van der Waals surface area contributed by atoms with E-state index in [0.29, 0.717) is 18.7 Å². The largest absolute Gasteiger partial charge is 0.494 e. The minimum Gasteiger partial charge on any atom is -0.494 e. The number of aromatic nitrogens is 3. The first-order valence-electron chi connectivity index (χ1n) is 12.8. The fraction of sp³-hybridized carbons (Fsp3) is 0.367. The second-order valence-corrected chi connectivity index (χ2v) is 10.1. The molecule has 1 N–H and O–H groups in total. The Hall–Kier alpha value is -3.67. The Labute approximate surface area is 213 Å². The average molecular weight is 485 g/mol. The molecule has 0 saturated carbocycles. The molecule has 0 radical (unpaired) electrons. The summed E-state index contributed by atoms with van der Waals surface area (Å²) in [5.74, 6) is 1.89. The third-order valence-electron chi connectivity index (χ3n) is 6.29. The SMILES string of the molecule is CC(C)(C)c1ccc(OCCCCn2c(CCCNC(=O)c3cccnc3)nc3ccccc32)cc1. The molecule has 188 valence electrons. The number of nitrogens with one attached hydrogen (secondary N) is 1. The van der Waals surface area contributed by atoms with Crippen molar-refractivity contribution in [3.63, 3.8) is 0 Å². The van der Waals surface area contributed by atoms with Gasteiger partial charge >= 0.3 is 0 Å². The number of para-hydroxylation sites is 2. The van der Waals surface area contributed by atoms with E-state index in [1.54, 1.807) is 24.5 Å². The van der Waals surface area contributed by atoms with Crippen molar-refractivity contribution in [3.05, 3.63) is 90.0 Å². The standard InChI is InChI=1S/C30H36N4O2/c1-30(2,3)24-14-16-25(17-15-24)36-21-7-6-20-34-27-12-5-4-11-26(27)33-28(34)13-9-19-32-29(35)23-10-8-18-31-22-23/h4-5,8,10-12,14-18,22H,6-7,9,13,19-21H2,1-3H3,(H,32,35). The Morgan fingerprint density at radius 1 is 0.972 bits per heavy atom. The predicted molar refractivity (Wildman–Crippen MR) is 144 cm³/mol. The van der Waals surface area contributed by atoms with E-state index in [-0.39, 0.29) is 11.3 Å². The molecular formula is C30H36N4O2. The van der Waals surface area contributed by atoms with E-state index in [1.807, 2.05) is 6.07 Å². The summed E-state index contributed by atoms with van der Waals surface area (Å²) in [6, 6.07) is 20.2. The second-order valence-electron chi connectivity index (χ2n) is 10.1. The minimum absolute atomic E-state index is 0.0929. The van der Waals surface area contributed by atoms with Gasteiger partial charge in [0.05, 0.1) is 23.2 Å². The molecule has 1 amide bonds. The first-order valence-corrected chi connectivity index (χ1v) is 12.8. The van der Waals surface area contributed by atoms with Crippen LogP contribution in [0.5, 0.6) is 5.75 Å². The number of hydrogen-bond donors (Lipinski definition) is 1. The topological polar surface area (TPSA) is 69.0 Å². The third-order valence-corrected chi connectivity index (χ3v) is 6.29. The smallest absolute Gasteiger partial charge is 0.252 e. The van der Waals surface area contributed by atoms with Crippen LogP contribution in [0.4, 0.5) is 0 Å². The van der Waals surface area contributed by atoms with Gasteiger partial charge in [0.2, 0.25) is 0 Å². The molecule has 6 nitrogen and oxygen atoms in total. The van der Waals surface area contributed by atoms with Crippen LogP contribution in [0, 0.1) is 0 Å². The quantitative estimate of drug-likeness (QED) is 0.267. The van der Waals surface area contributed by atoms with Gasteiger partial charge in [-0.1, -0.05) is 45.0 Å². The number of imidazole rings is 1. The van der Waals surface area contributed by atoms with Gasteiger partial charge in [-0.15, -0.1) is 0 Å². The van der Waals surface area contributed by atoms with Crippen LogP contribution in [0.15, 0.2) is 73.1 Å². The van der Waals surface area contributed by atoms with Crippen LogP contribution in [-0.2, 0) is 18.4 Å². The lowest BCUT2D eigenvalue weighted by Crippen LogP contribution is -2.25. The fourth-order valence-corrected chi connectivity index (χ4v) is 4.23. The highest BCUT2D eigenvalue weighted by Gasteiger charge is 2.13. The molecule has 2 heterocycles. The molecule has 0 saturated heterocycles. The molecule has 0 spiro atoms. The van der Waals surface area contributed by atoms with Crippen LogP contribution in [0.3, 0.4) is 0 Å². The van der Waals surface area contributed by atoms with Crippen LogP contribution in [-0.4, -0.2) is 33.6 Å². The number of aryl methyl sites for hydroxylation is 2. The molecule has 2 aromatic carbocycles. The number of amides is 1. The summed E-state index contributed by atoms with van der Waals surface area (Å²) in [6.07, 6.45) is 6.85. The van der Waals surface area contributed by atoms with E-state index in [9.17, 15) is 4.79 Å². The summed E-state index contributed by atoms with van der Waals surface area (Å²) in [4.78, 5) is 21.1. The van der Waals surface area contributed by atoms with E-state index in [0.717, 1.165) is 54.8 Å². The van der Waals surface area contributed by atoms with Crippen LogP contribution in [0.25, 0.3) is 11.0 Å². The van der Waals surface area contributed by atoms with Crippen molar-refractivity contribution in [2.75, 3.05) is 13.2 Å². The van der Waals surface area contributed by atoms with Crippen molar-refractivity contribution in [1.29, 1.82) is 0 Å². The summed E-state index contributed by atoms with van der Waals surface area (Å²) < 4.78 is 8.30. The first-order chi connectivity index (χ1) is 17.4. The molecule has 36 heavy (non-hydrogen) atoms. The van der Waals surface area contributed by atoms with Crippen LogP contribution < -0.4 is 10.1 Å². The van der Waals surface area contributed by atoms with Crippen LogP contribution >= 0.6 is 0 Å². The number of carbonyl (C=O) groups is 1. The Bertz CT molecular complexity index is 1260. The number of hydrogen-bond acceptors (Lipinski definition) is 4. The molecule has 4 aromatic rings. The summed E-state index contributed by atoms with van der Waals surface area (Å²) in [5, 5.41) is 2.98. The molecule has 0 aliphatic carbocycles. The molecule has 0 unspecified atom stereocenters. The molecule has 0 atom stereocenters. The zero-order chi connectivity index (χ0) is 25.4. The zero-order valence-electron chi connectivity index (χ0n) is 21.5. The van der Waals surface area contributed by atoms with E-state index < -0.39 is 0 Å². The number of carbonyl (C=O) groups excluding carboxylic acids is 1. The van der Waals surface area contributed by atoms with Crippen molar-refractivity contribution < 1.29 is 9.53 Å². The molecular weight excluding hydrogens is 448 g/mol. The van der Waals surface area contributed by atoms with Gasteiger partial charge in [-0.2, -0.15) is 0 Å². The number of benzene rings is 2. The van der Waals surface area contributed by atoms with Gasteiger partial charge in [0.1, 0.15) is 11.6 Å². The molecule has 0 aliphatic rings. The van der Waals surface area contributed by atoms with Crippen LogP contribution in [0.1, 0.15) is 61.8 Å². The first kappa shape index (κ1) is 25.4. The van der Waals surface area contributed by atoms with Gasteiger partial charge in [-0.25, -0.2) is 4.98 Å². The number of unbranched alkanes of at least 4 members (excludes halogenated alkanes) is 1. The van der Waals surface area contributed by atoms with Crippen molar-refractivity contribution in [2.45, 2.75) is 58.4 Å². The summed E-state index contributed by atoms with van der Waals surface area (Å²) in [5.41, 5.74) is 4.21. The van der Waals surface area contributed by atoms with Gasteiger partial charge < -0.3 is 14.6 Å². The highest BCUT2D eigenvalue weighted by molar-refractivity contribution is 5.93. The maximum Gasteiger partial charge on any atom is 0.252 e. The van der Waals surface area contributed by atoms with Crippen molar-refractivity contribution in [3.8, 4) is 5.75 Å². The fourth-order valence-electron chi connectivity index (χ4n) is 4.23. The van der Waals surface area contributed by atoms with Gasteiger partial charge in [0.25, 0.3) is 5.91 Å². The van der Waals surface area contributed by atoms with Gasteiger partial charge in [0.15, 0.2) is 0 Å². The monoisotopic (exact) mass is 484 g/mol. The lowest BCUT2D eigenvalue weighted by molar-refractivity contribution is 0.0952.